The Labute approximate surface area is 105 Å². The Morgan fingerprint density at radius 1 is 1.69 bits per heavy atom. The van der Waals surface area contributed by atoms with Crippen molar-refractivity contribution >= 4 is 29.3 Å². The Kier molecular flexibility index (Phi) is 5.63. The summed E-state index contributed by atoms with van der Waals surface area (Å²) in [5, 5.41) is 1.47. The normalized spacial score (nSPS) is 12.2. The first-order valence-electron chi connectivity index (χ1n) is 5.06. The molecule has 0 saturated heterocycles. The Bertz CT molecular complexity index is 360. The van der Waals surface area contributed by atoms with Crippen LogP contribution in [0.2, 0.25) is 5.02 Å². The summed E-state index contributed by atoms with van der Waals surface area (Å²) in [5.74, 6) is -0.186. The first kappa shape index (κ1) is 13.3. The summed E-state index contributed by atoms with van der Waals surface area (Å²) in [5.41, 5.74) is 0. The molecular formula is C11H14ClNO2S. The van der Waals surface area contributed by atoms with Crippen molar-refractivity contribution in [3.63, 3.8) is 0 Å². The number of halogens is 1. The van der Waals surface area contributed by atoms with Gasteiger partial charge in [0.25, 0.3) is 0 Å². The maximum atomic E-state index is 11.2. The van der Waals surface area contributed by atoms with E-state index in [-0.39, 0.29) is 11.2 Å². The summed E-state index contributed by atoms with van der Waals surface area (Å²) >= 11 is 7.45. The molecule has 3 nitrogen and oxygen atoms in total. The maximum absolute atomic E-state index is 11.2. The Balaban J connectivity index is 2.48. The van der Waals surface area contributed by atoms with Gasteiger partial charge in [0.15, 0.2) is 0 Å². The van der Waals surface area contributed by atoms with Gasteiger partial charge in [-0.05, 0) is 19.1 Å². The fourth-order valence-electron chi connectivity index (χ4n) is 1.14. The zero-order valence-corrected chi connectivity index (χ0v) is 10.8. The molecule has 0 bridgehead atoms. The highest BCUT2D eigenvalue weighted by atomic mass is 35.5. The van der Waals surface area contributed by atoms with Crippen LogP contribution in [0.15, 0.2) is 23.4 Å². The van der Waals surface area contributed by atoms with E-state index in [1.54, 1.807) is 25.3 Å². The van der Waals surface area contributed by atoms with Gasteiger partial charge in [0, 0.05) is 11.4 Å². The Morgan fingerprint density at radius 3 is 3.06 bits per heavy atom. The number of hydrogen-bond donors (Lipinski definition) is 0. The summed E-state index contributed by atoms with van der Waals surface area (Å²) in [6.45, 7) is 4.17. The van der Waals surface area contributed by atoms with Gasteiger partial charge in [-0.3, -0.25) is 4.79 Å². The van der Waals surface area contributed by atoms with E-state index in [1.165, 1.54) is 11.8 Å². The van der Waals surface area contributed by atoms with Gasteiger partial charge in [-0.1, -0.05) is 18.5 Å². The number of aromatic nitrogens is 1. The fourth-order valence-corrected chi connectivity index (χ4v) is 2.30. The molecule has 0 radical (unpaired) electrons. The van der Waals surface area contributed by atoms with E-state index in [2.05, 4.69) is 4.98 Å². The number of nitrogens with zero attached hydrogens (tertiary/aromatic N) is 1. The van der Waals surface area contributed by atoms with Gasteiger partial charge in [0.2, 0.25) is 0 Å². The number of esters is 1. The van der Waals surface area contributed by atoms with Crippen molar-refractivity contribution in [1.82, 2.24) is 4.98 Å². The number of carbonyl (C=O) groups is 1. The SMILES string of the molecule is CCOC(=O)CC(C)Sc1ncccc1Cl. The molecule has 1 unspecified atom stereocenters. The highest BCUT2D eigenvalue weighted by Gasteiger charge is 2.13. The second kappa shape index (κ2) is 6.76. The molecule has 5 heteroatoms. The van der Waals surface area contributed by atoms with Crippen molar-refractivity contribution in [2.24, 2.45) is 0 Å². The molecule has 1 atom stereocenters. The van der Waals surface area contributed by atoms with Gasteiger partial charge in [-0.15, -0.1) is 11.8 Å². The van der Waals surface area contributed by atoms with E-state index >= 15 is 0 Å². The van der Waals surface area contributed by atoms with Gasteiger partial charge in [0.05, 0.1) is 18.1 Å². The molecule has 0 fully saturated rings. The van der Waals surface area contributed by atoms with Crippen molar-refractivity contribution < 1.29 is 9.53 Å². The van der Waals surface area contributed by atoms with Crippen LogP contribution in [0.1, 0.15) is 20.3 Å². The average molecular weight is 260 g/mol. The van der Waals surface area contributed by atoms with Gasteiger partial charge < -0.3 is 4.74 Å². The molecule has 0 spiro atoms. The maximum Gasteiger partial charge on any atom is 0.306 e. The minimum absolute atomic E-state index is 0.103. The molecule has 0 amide bonds. The molecule has 0 aliphatic rings. The van der Waals surface area contributed by atoms with Crippen LogP contribution in [0.3, 0.4) is 0 Å². The number of pyridine rings is 1. The summed E-state index contributed by atoms with van der Waals surface area (Å²) in [7, 11) is 0. The highest BCUT2D eigenvalue weighted by Crippen LogP contribution is 2.29. The quantitative estimate of drug-likeness (QED) is 0.601. The van der Waals surface area contributed by atoms with Crippen LogP contribution in [-0.2, 0) is 9.53 Å². The van der Waals surface area contributed by atoms with Crippen molar-refractivity contribution in [2.45, 2.75) is 30.5 Å². The summed E-state index contributed by atoms with van der Waals surface area (Å²) in [6, 6.07) is 3.57. The molecular weight excluding hydrogens is 246 g/mol. The Hall–Kier alpha value is -0.740. The smallest absolute Gasteiger partial charge is 0.306 e. The molecule has 0 aliphatic carbocycles. The van der Waals surface area contributed by atoms with Crippen LogP contribution in [-0.4, -0.2) is 22.8 Å². The first-order chi connectivity index (χ1) is 7.63. The predicted molar refractivity (Wildman–Crippen MR) is 65.8 cm³/mol. The van der Waals surface area contributed by atoms with Crippen LogP contribution in [0.5, 0.6) is 0 Å². The Morgan fingerprint density at radius 2 is 2.44 bits per heavy atom. The minimum atomic E-state index is -0.186. The number of carbonyl (C=O) groups excluding carboxylic acids is 1. The summed E-state index contributed by atoms with van der Waals surface area (Å²) < 4.78 is 4.87. The zero-order valence-electron chi connectivity index (χ0n) is 9.27. The van der Waals surface area contributed by atoms with Gasteiger partial charge in [-0.25, -0.2) is 4.98 Å². The number of rotatable bonds is 5. The molecule has 88 valence electrons. The number of hydrogen-bond acceptors (Lipinski definition) is 4. The van der Waals surface area contributed by atoms with Gasteiger partial charge in [-0.2, -0.15) is 0 Å². The molecule has 0 aliphatic heterocycles. The minimum Gasteiger partial charge on any atom is -0.466 e. The molecule has 0 N–H and O–H groups in total. The monoisotopic (exact) mass is 259 g/mol. The van der Waals surface area contributed by atoms with Crippen LogP contribution in [0.4, 0.5) is 0 Å². The lowest BCUT2D eigenvalue weighted by Gasteiger charge is -2.10. The van der Waals surface area contributed by atoms with E-state index in [1.807, 2.05) is 6.92 Å². The van der Waals surface area contributed by atoms with Crippen molar-refractivity contribution in [3.8, 4) is 0 Å². The van der Waals surface area contributed by atoms with E-state index in [4.69, 9.17) is 16.3 Å². The third-order valence-corrected chi connectivity index (χ3v) is 3.33. The second-order valence-electron chi connectivity index (χ2n) is 3.23. The third-order valence-electron chi connectivity index (χ3n) is 1.80. The molecule has 1 aromatic heterocycles. The molecule has 1 aromatic rings. The lowest BCUT2D eigenvalue weighted by molar-refractivity contribution is -0.142. The van der Waals surface area contributed by atoms with Crippen molar-refractivity contribution in [2.75, 3.05) is 6.61 Å². The average Bonchev–Trinajstić information content (AvgIpc) is 2.21. The van der Waals surface area contributed by atoms with Crippen molar-refractivity contribution in [1.29, 1.82) is 0 Å². The molecule has 16 heavy (non-hydrogen) atoms. The van der Waals surface area contributed by atoms with Gasteiger partial charge >= 0.3 is 5.97 Å². The largest absolute Gasteiger partial charge is 0.466 e. The summed E-state index contributed by atoms with van der Waals surface area (Å²) in [4.78, 5) is 15.4. The zero-order chi connectivity index (χ0) is 12.0. The topological polar surface area (TPSA) is 39.2 Å². The van der Waals surface area contributed by atoms with E-state index in [0.29, 0.717) is 18.1 Å². The number of thioether (sulfide) groups is 1. The number of ether oxygens (including phenoxy) is 1. The molecule has 1 rings (SSSR count). The van der Waals surface area contributed by atoms with Crippen LogP contribution in [0, 0.1) is 0 Å². The third kappa shape index (κ3) is 4.41. The van der Waals surface area contributed by atoms with Crippen LogP contribution in [0.25, 0.3) is 0 Å². The first-order valence-corrected chi connectivity index (χ1v) is 6.32. The van der Waals surface area contributed by atoms with Crippen LogP contribution < -0.4 is 0 Å². The van der Waals surface area contributed by atoms with Crippen LogP contribution >= 0.6 is 23.4 Å². The lowest BCUT2D eigenvalue weighted by atomic mass is 10.3. The fraction of sp³-hybridized carbons (Fsp3) is 0.455. The lowest BCUT2D eigenvalue weighted by Crippen LogP contribution is -2.10. The highest BCUT2D eigenvalue weighted by molar-refractivity contribution is 8.00. The molecule has 0 aromatic carbocycles. The molecule has 1 heterocycles. The van der Waals surface area contributed by atoms with Crippen molar-refractivity contribution in [3.05, 3.63) is 23.4 Å². The van der Waals surface area contributed by atoms with E-state index in [0.717, 1.165) is 5.03 Å². The van der Waals surface area contributed by atoms with E-state index < -0.39 is 0 Å². The standard InChI is InChI=1S/C11H14ClNO2S/c1-3-15-10(14)7-8(2)16-11-9(12)5-4-6-13-11/h4-6,8H,3,7H2,1-2H3. The molecule has 0 saturated carbocycles. The second-order valence-corrected chi connectivity index (χ2v) is 5.06. The summed E-state index contributed by atoms with van der Waals surface area (Å²) in [6.07, 6.45) is 2.05. The van der Waals surface area contributed by atoms with Gasteiger partial charge in [0.1, 0.15) is 5.03 Å². The predicted octanol–water partition coefficient (Wildman–Crippen LogP) is 3.17. The van der Waals surface area contributed by atoms with E-state index in [9.17, 15) is 4.79 Å².